The first-order valence-electron chi connectivity index (χ1n) is 11.8. The minimum atomic E-state index is -0.307. The van der Waals surface area contributed by atoms with Crippen molar-refractivity contribution in [2.75, 3.05) is 56.5 Å². The molecule has 0 bridgehead atoms. The molecule has 4 rings (SSSR count). The Hall–Kier alpha value is -2.72. The first kappa shape index (κ1) is 24.4. The number of fused-ring (bicyclic) bond motifs is 1. The van der Waals surface area contributed by atoms with Crippen LogP contribution in [-0.2, 0) is 4.79 Å². The van der Waals surface area contributed by atoms with Gasteiger partial charge in [-0.05, 0) is 45.9 Å². The van der Waals surface area contributed by atoms with Crippen molar-refractivity contribution in [2.45, 2.75) is 39.7 Å². The maximum atomic E-state index is 13.9. The molecule has 0 saturated carbocycles. The van der Waals surface area contributed by atoms with Gasteiger partial charge in [0.15, 0.2) is 5.82 Å². The number of nitrogens with one attached hydrogen (secondary N) is 1. The molecule has 1 N–H and O–H groups in total. The number of carbonyl (C=O) groups is 1. The van der Waals surface area contributed by atoms with Crippen molar-refractivity contribution in [3.63, 3.8) is 0 Å². The molecule has 0 radical (unpaired) electrons. The number of hydrogen-bond acceptors (Lipinski definition) is 7. The van der Waals surface area contributed by atoms with Crippen LogP contribution in [0.3, 0.4) is 0 Å². The summed E-state index contributed by atoms with van der Waals surface area (Å²) in [4.78, 5) is 24.6. The number of amides is 1. The van der Waals surface area contributed by atoms with Crippen LogP contribution in [-0.4, -0.2) is 82.2 Å². The first-order chi connectivity index (χ1) is 16.1. The number of imidazole rings is 1. The topological polar surface area (TPSA) is 69.0 Å². The molecule has 3 heterocycles. The van der Waals surface area contributed by atoms with E-state index in [9.17, 15) is 9.18 Å². The Bertz CT molecular complexity index is 1140. The molecule has 0 aliphatic carbocycles. The van der Waals surface area contributed by atoms with Gasteiger partial charge < -0.3 is 15.1 Å². The number of piperazine rings is 1. The molecule has 1 aliphatic rings. The zero-order valence-electron chi connectivity index (χ0n) is 20.6. The van der Waals surface area contributed by atoms with Gasteiger partial charge in [0, 0.05) is 44.3 Å². The Kier molecular flexibility index (Phi) is 7.09. The van der Waals surface area contributed by atoms with Crippen molar-refractivity contribution in [3.8, 4) is 11.3 Å². The summed E-state index contributed by atoms with van der Waals surface area (Å²) >= 11 is 1.41. The second kappa shape index (κ2) is 9.87. The summed E-state index contributed by atoms with van der Waals surface area (Å²) in [6.45, 7) is 13.1. The highest BCUT2D eigenvalue weighted by Gasteiger charge is 2.25. The van der Waals surface area contributed by atoms with Gasteiger partial charge in [-0.2, -0.15) is 4.52 Å². The number of halogens is 1. The van der Waals surface area contributed by atoms with Gasteiger partial charge in [-0.25, -0.2) is 9.37 Å². The molecule has 184 valence electrons. The molecule has 2 aromatic heterocycles. The third-order valence-electron chi connectivity index (χ3n) is 5.75. The van der Waals surface area contributed by atoms with Crippen molar-refractivity contribution in [1.82, 2.24) is 24.4 Å². The first-order valence-corrected chi connectivity index (χ1v) is 12.6. The predicted molar refractivity (Wildman–Crippen MR) is 136 cm³/mol. The lowest BCUT2D eigenvalue weighted by Crippen LogP contribution is -2.51. The second-order valence-corrected chi connectivity index (χ2v) is 10.8. The van der Waals surface area contributed by atoms with E-state index in [1.807, 2.05) is 22.9 Å². The number of benzene rings is 1. The maximum Gasteiger partial charge on any atom is 0.242 e. The second-order valence-electron chi connectivity index (χ2n) is 9.85. The molecule has 1 aliphatic heterocycles. The van der Waals surface area contributed by atoms with Crippen molar-refractivity contribution >= 4 is 33.2 Å². The smallest absolute Gasteiger partial charge is 0.242 e. The molecule has 1 fully saturated rings. The zero-order chi connectivity index (χ0) is 24.5. The monoisotopic (exact) mass is 487 g/mol. The Morgan fingerprint density at radius 2 is 1.97 bits per heavy atom. The molecule has 0 spiro atoms. The van der Waals surface area contributed by atoms with E-state index in [1.165, 1.54) is 23.5 Å². The summed E-state index contributed by atoms with van der Waals surface area (Å²) in [6.07, 6.45) is 1.13. The fraction of sp³-hybridized carbons (Fsp3) is 0.542. The van der Waals surface area contributed by atoms with E-state index in [0.717, 1.165) is 39.1 Å². The van der Waals surface area contributed by atoms with E-state index < -0.39 is 0 Å². The Balaban J connectivity index is 1.54. The SMILES string of the molecule is CCCN1CCN(C(=O)CN(C)c2nn3c(NC(C)(C)C)c(-c4cccc(F)c4)nc3s2)CC1. The minimum absolute atomic E-state index is 0.111. The Morgan fingerprint density at radius 1 is 1.24 bits per heavy atom. The summed E-state index contributed by atoms with van der Waals surface area (Å²) < 4.78 is 15.7. The van der Waals surface area contributed by atoms with Crippen LogP contribution in [0.4, 0.5) is 15.3 Å². The highest BCUT2D eigenvalue weighted by Crippen LogP contribution is 2.34. The molecule has 0 atom stereocenters. The number of anilines is 2. The average Bonchev–Trinajstić information content (AvgIpc) is 3.33. The van der Waals surface area contributed by atoms with E-state index in [-0.39, 0.29) is 23.8 Å². The molecule has 0 unspecified atom stereocenters. The van der Waals surface area contributed by atoms with E-state index in [1.54, 1.807) is 10.6 Å². The van der Waals surface area contributed by atoms with E-state index in [0.29, 0.717) is 27.2 Å². The van der Waals surface area contributed by atoms with E-state index in [2.05, 4.69) is 37.9 Å². The van der Waals surface area contributed by atoms with Crippen LogP contribution in [0.1, 0.15) is 34.1 Å². The minimum Gasteiger partial charge on any atom is -0.364 e. The van der Waals surface area contributed by atoms with Crippen LogP contribution in [0, 0.1) is 5.82 Å². The highest BCUT2D eigenvalue weighted by atomic mass is 32.1. The number of carbonyl (C=O) groups excluding carboxylic acids is 1. The summed E-state index contributed by atoms with van der Waals surface area (Å²) in [7, 11) is 1.88. The fourth-order valence-corrected chi connectivity index (χ4v) is 4.97. The molecule has 1 saturated heterocycles. The number of aromatic nitrogens is 3. The number of likely N-dealkylation sites (N-methyl/N-ethyl adjacent to an activating group) is 1. The molecule has 3 aromatic rings. The van der Waals surface area contributed by atoms with Gasteiger partial charge in [0.25, 0.3) is 0 Å². The quantitative estimate of drug-likeness (QED) is 0.547. The molecular weight excluding hydrogens is 453 g/mol. The standard InChI is InChI=1S/C24H34FN7OS/c1-6-10-30-11-13-31(14-12-30)19(33)16-29(5)23-28-32-21(27-24(2,3)4)20(26-22(32)34-23)17-8-7-9-18(25)15-17/h7-9,15,27H,6,10-14,16H2,1-5H3. The molecule has 34 heavy (non-hydrogen) atoms. The molecular formula is C24H34FN7OS. The summed E-state index contributed by atoms with van der Waals surface area (Å²) in [5.74, 6) is 0.514. The van der Waals surface area contributed by atoms with Crippen LogP contribution < -0.4 is 10.2 Å². The van der Waals surface area contributed by atoms with Gasteiger partial charge in [-0.15, -0.1) is 5.10 Å². The normalized spacial score (nSPS) is 15.2. The van der Waals surface area contributed by atoms with Crippen molar-refractivity contribution < 1.29 is 9.18 Å². The van der Waals surface area contributed by atoms with Gasteiger partial charge in [0.1, 0.15) is 11.5 Å². The van der Waals surface area contributed by atoms with Gasteiger partial charge in [0.05, 0.1) is 6.54 Å². The lowest BCUT2D eigenvalue weighted by atomic mass is 10.1. The van der Waals surface area contributed by atoms with Gasteiger partial charge in [-0.1, -0.05) is 30.4 Å². The Labute approximate surface area is 204 Å². The van der Waals surface area contributed by atoms with Crippen LogP contribution >= 0.6 is 11.3 Å². The van der Waals surface area contributed by atoms with Crippen LogP contribution in [0.2, 0.25) is 0 Å². The maximum absolute atomic E-state index is 13.9. The zero-order valence-corrected chi connectivity index (χ0v) is 21.5. The lowest BCUT2D eigenvalue weighted by Gasteiger charge is -2.35. The van der Waals surface area contributed by atoms with Crippen LogP contribution in [0.5, 0.6) is 0 Å². The largest absolute Gasteiger partial charge is 0.364 e. The summed E-state index contributed by atoms with van der Waals surface area (Å²) in [5, 5.41) is 8.95. The van der Waals surface area contributed by atoms with Crippen molar-refractivity contribution in [3.05, 3.63) is 30.1 Å². The molecule has 1 amide bonds. The third kappa shape index (κ3) is 5.50. The average molecular weight is 488 g/mol. The molecule has 10 heteroatoms. The van der Waals surface area contributed by atoms with Gasteiger partial charge in [-0.3, -0.25) is 9.69 Å². The van der Waals surface area contributed by atoms with Crippen molar-refractivity contribution in [1.29, 1.82) is 0 Å². The van der Waals surface area contributed by atoms with Gasteiger partial charge in [0.2, 0.25) is 16.0 Å². The van der Waals surface area contributed by atoms with E-state index in [4.69, 9.17) is 10.1 Å². The Morgan fingerprint density at radius 3 is 2.62 bits per heavy atom. The summed E-state index contributed by atoms with van der Waals surface area (Å²) in [5.41, 5.74) is 1.10. The lowest BCUT2D eigenvalue weighted by molar-refractivity contribution is -0.131. The molecule has 1 aromatic carbocycles. The fourth-order valence-electron chi connectivity index (χ4n) is 4.10. The highest BCUT2D eigenvalue weighted by molar-refractivity contribution is 7.20. The van der Waals surface area contributed by atoms with Crippen molar-refractivity contribution in [2.24, 2.45) is 0 Å². The number of nitrogens with zero attached hydrogens (tertiary/aromatic N) is 6. The molecule has 8 nitrogen and oxygen atoms in total. The summed E-state index contributed by atoms with van der Waals surface area (Å²) in [6, 6.07) is 6.42. The predicted octanol–water partition coefficient (Wildman–Crippen LogP) is 3.80. The third-order valence-corrected chi connectivity index (χ3v) is 6.77. The van der Waals surface area contributed by atoms with Gasteiger partial charge >= 0.3 is 0 Å². The number of hydrogen-bond donors (Lipinski definition) is 1. The number of rotatable bonds is 7. The van der Waals surface area contributed by atoms with Crippen LogP contribution in [0.25, 0.3) is 16.2 Å². The van der Waals surface area contributed by atoms with Crippen LogP contribution in [0.15, 0.2) is 24.3 Å². The van der Waals surface area contributed by atoms with E-state index >= 15 is 0 Å².